The molecule has 1 heterocycles. The molecule has 2 aromatic rings. The lowest BCUT2D eigenvalue weighted by Gasteiger charge is -2.09. The van der Waals surface area contributed by atoms with Gasteiger partial charge in [-0.05, 0) is 41.0 Å². The van der Waals surface area contributed by atoms with Crippen LogP contribution in [0.25, 0.3) is 11.0 Å². The summed E-state index contributed by atoms with van der Waals surface area (Å²) < 4.78 is 12.3. The van der Waals surface area contributed by atoms with Gasteiger partial charge in [-0.15, -0.1) is 0 Å². The van der Waals surface area contributed by atoms with Gasteiger partial charge in [-0.25, -0.2) is 4.79 Å². The Morgan fingerprint density at radius 1 is 1.28 bits per heavy atom. The Hall–Kier alpha value is -0.850. The Balaban J connectivity index is 2.53. The molecule has 0 aliphatic rings. The number of hydrogen-bond donors (Lipinski definition) is 1. The number of halogens is 2. The van der Waals surface area contributed by atoms with Crippen LogP contribution in [-0.4, -0.2) is 13.2 Å². The molecule has 0 saturated carbocycles. The van der Waals surface area contributed by atoms with E-state index in [0.29, 0.717) is 29.0 Å². The highest BCUT2D eigenvalue weighted by molar-refractivity contribution is 9.11. The zero-order valence-electron chi connectivity index (χ0n) is 9.41. The van der Waals surface area contributed by atoms with Gasteiger partial charge in [0.25, 0.3) is 0 Å². The zero-order valence-corrected chi connectivity index (χ0v) is 12.6. The van der Waals surface area contributed by atoms with Gasteiger partial charge in [0, 0.05) is 4.47 Å². The lowest BCUT2D eigenvalue weighted by molar-refractivity contribution is 0.314. The largest absolute Gasteiger partial charge is 0.492 e. The van der Waals surface area contributed by atoms with Gasteiger partial charge >= 0.3 is 5.63 Å². The highest BCUT2D eigenvalue weighted by Crippen LogP contribution is 2.32. The van der Waals surface area contributed by atoms with E-state index < -0.39 is 5.63 Å². The fourth-order valence-corrected chi connectivity index (χ4v) is 2.85. The van der Waals surface area contributed by atoms with Crippen molar-refractivity contribution in [1.29, 1.82) is 0 Å². The van der Waals surface area contributed by atoms with Crippen molar-refractivity contribution in [2.75, 3.05) is 13.2 Å². The van der Waals surface area contributed by atoms with Crippen LogP contribution >= 0.6 is 31.9 Å². The first kappa shape index (κ1) is 13.6. The molecule has 2 N–H and O–H groups in total. The third-order valence-corrected chi connectivity index (χ3v) is 3.38. The summed E-state index contributed by atoms with van der Waals surface area (Å²) in [6, 6.07) is 5.01. The maximum absolute atomic E-state index is 11.5. The van der Waals surface area contributed by atoms with Crippen LogP contribution in [0.1, 0.15) is 6.42 Å². The molecule has 0 saturated heterocycles. The van der Waals surface area contributed by atoms with Gasteiger partial charge in [0.1, 0.15) is 5.75 Å². The SMILES string of the molecule is NCCCOc1cc(=O)oc2c(Br)cc(Br)cc12. The first-order chi connectivity index (χ1) is 8.61. The van der Waals surface area contributed by atoms with Gasteiger partial charge in [0.15, 0.2) is 5.58 Å². The predicted molar refractivity (Wildman–Crippen MR) is 77.1 cm³/mol. The van der Waals surface area contributed by atoms with Gasteiger partial charge < -0.3 is 14.9 Å². The highest BCUT2D eigenvalue weighted by Gasteiger charge is 2.10. The topological polar surface area (TPSA) is 65.5 Å². The van der Waals surface area contributed by atoms with Gasteiger partial charge in [-0.3, -0.25) is 0 Å². The molecule has 1 aromatic heterocycles. The van der Waals surface area contributed by atoms with Crippen LogP contribution in [0, 0.1) is 0 Å². The van der Waals surface area contributed by atoms with E-state index in [0.717, 1.165) is 16.3 Å². The first-order valence-electron chi connectivity index (χ1n) is 5.37. The molecule has 2 rings (SSSR count). The highest BCUT2D eigenvalue weighted by atomic mass is 79.9. The molecule has 96 valence electrons. The lowest BCUT2D eigenvalue weighted by Crippen LogP contribution is -2.08. The van der Waals surface area contributed by atoms with Crippen molar-refractivity contribution in [3.05, 3.63) is 37.6 Å². The van der Waals surface area contributed by atoms with Crippen molar-refractivity contribution in [1.82, 2.24) is 0 Å². The van der Waals surface area contributed by atoms with Crippen molar-refractivity contribution in [3.8, 4) is 5.75 Å². The third kappa shape index (κ3) is 2.93. The van der Waals surface area contributed by atoms with Crippen LogP contribution in [0.4, 0.5) is 0 Å². The Bertz CT molecular complexity index is 624. The van der Waals surface area contributed by atoms with Gasteiger partial charge in [-0.2, -0.15) is 0 Å². The molecule has 0 fully saturated rings. The normalized spacial score (nSPS) is 10.8. The summed E-state index contributed by atoms with van der Waals surface area (Å²) in [5, 5.41) is 0.743. The molecule has 0 bridgehead atoms. The number of fused-ring (bicyclic) bond motifs is 1. The zero-order chi connectivity index (χ0) is 13.1. The molecule has 0 atom stereocenters. The van der Waals surface area contributed by atoms with Gasteiger partial charge in [0.2, 0.25) is 0 Å². The molecular formula is C12H11Br2NO3. The second-order valence-corrected chi connectivity index (χ2v) is 5.45. The minimum Gasteiger partial charge on any atom is -0.492 e. The predicted octanol–water partition coefficient (Wildman–Crippen LogP) is 3.05. The number of nitrogens with two attached hydrogens (primary N) is 1. The summed E-state index contributed by atoms with van der Waals surface area (Å²) in [4.78, 5) is 11.5. The van der Waals surface area contributed by atoms with E-state index in [1.54, 1.807) is 0 Å². The van der Waals surface area contributed by atoms with Crippen molar-refractivity contribution < 1.29 is 9.15 Å². The maximum atomic E-state index is 11.5. The standard InChI is InChI=1S/C12H11Br2NO3/c13-7-4-8-10(17-3-1-2-15)6-11(16)18-12(8)9(14)5-7/h4-6H,1-3,15H2. The summed E-state index contributed by atoms with van der Waals surface area (Å²) in [6.45, 7) is 1.02. The Morgan fingerprint density at radius 3 is 2.78 bits per heavy atom. The Labute approximate surface area is 120 Å². The Kier molecular flexibility index (Phi) is 4.42. The van der Waals surface area contributed by atoms with Crippen molar-refractivity contribution in [3.63, 3.8) is 0 Å². The first-order valence-corrected chi connectivity index (χ1v) is 6.96. The minimum absolute atomic E-state index is 0.437. The molecule has 0 unspecified atom stereocenters. The summed E-state index contributed by atoms with van der Waals surface area (Å²) in [5.41, 5.74) is 5.45. The fourth-order valence-electron chi connectivity index (χ4n) is 1.55. The van der Waals surface area contributed by atoms with Crippen LogP contribution in [-0.2, 0) is 0 Å². The average Bonchev–Trinajstić information content (AvgIpc) is 2.31. The summed E-state index contributed by atoms with van der Waals surface area (Å²) >= 11 is 6.75. The van der Waals surface area contributed by atoms with E-state index in [1.165, 1.54) is 6.07 Å². The number of benzene rings is 1. The molecule has 1 aromatic carbocycles. The second-order valence-electron chi connectivity index (χ2n) is 3.68. The van der Waals surface area contributed by atoms with E-state index in [2.05, 4.69) is 31.9 Å². The molecule has 0 aliphatic carbocycles. The van der Waals surface area contributed by atoms with Crippen LogP contribution in [0.5, 0.6) is 5.75 Å². The minimum atomic E-state index is -0.437. The molecule has 0 aliphatic heterocycles. The summed E-state index contributed by atoms with van der Waals surface area (Å²) in [7, 11) is 0. The van der Waals surface area contributed by atoms with E-state index >= 15 is 0 Å². The van der Waals surface area contributed by atoms with E-state index in [9.17, 15) is 4.79 Å². The molecule has 4 nitrogen and oxygen atoms in total. The number of rotatable bonds is 4. The summed E-state index contributed by atoms with van der Waals surface area (Å²) in [6.07, 6.45) is 0.733. The quantitative estimate of drug-likeness (QED) is 0.657. The van der Waals surface area contributed by atoms with Crippen molar-refractivity contribution in [2.24, 2.45) is 5.73 Å². The van der Waals surface area contributed by atoms with E-state index in [-0.39, 0.29) is 0 Å². The number of ether oxygens (including phenoxy) is 1. The van der Waals surface area contributed by atoms with E-state index in [1.807, 2.05) is 12.1 Å². The molecular weight excluding hydrogens is 366 g/mol. The average molecular weight is 377 g/mol. The van der Waals surface area contributed by atoms with Gasteiger partial charge in [-0.1, -0.05) is 15.9 Å². The lowest BCUT2D eigenvalue weighted by atomic mass is 10.2. The van der Waals surface area contributed by atoms with Gasteiger partial charge in [0.05, 0.1) is 22.5 Å². The Morgan fingerprint density at radius 2 is 2.06 bits per heavy atom. The maximum Gasteiger partial charge on any atom is 0.339 e. The number of hydrogen-bond acceptors (Lipinski definition) is 4. The van der Waals surface area contributed by atoms with Crippen LogP contribution < -0.4 is 16.1 Å². The van der Waals surface area contributed by atoms with Crippen molar-refractivity contribution in [2.45, 2.75) is 6.42 Å². The monoisotopic (exact) mass is 375 g/mol. The van der Waals surface area contributed by atoms with Crippen LogP contribution in [0.2, 0.25) is 0 Å². The second kappa shape index (κ2) is 5.86. The van der Waals surface area contributed by atoms with Crippen LogP contribution in [0.15, 0.2) is 36.4 Å². The molecule has 6 heteroatoms. The fraction of sp³-hybridized carbons (Fsp3) is 0.250. The van der Waals surface area contributed by atoms with Crippen molar-refractivity contribution >= 4 is 42.8 Å². The van der Waals surface area contributed by atoms with E-state index in [4.69, 9.17) is 14.9 Å². The third-order valence-electron chi connectivity index (χ3n) is 2.33. The molecule has 18 heavy (non-hydrogen) atoms. The molecule has 0 radical (unpaired) electrons. The summed E-state index contributed by atoms with van der Waals surface area (Å²) in [5.74, 6) is 0.511. The smallest absolute Gasteiger partial charge is 0.339 e. The van der Waals surface area contributed by atoms with Crippen LogP contribution in [0.3, 0.4) is 0 Å². The molecule has 0 amide bonds. The molecule has 0 spiro atoms.